The quantitative estimate of drug-likeness (QED) is 0.760. The molecule has 152 valence electrons. The smallest absolute Gasteiger partial charge is 0.281 e. The van der Waals surface area contributed by atoms with Gasteiger partial charge in [0.25, 0.3) is 10.2 Å². The molecule has 7 nitrogen and oxygen atoms in total. The van der Waals surface area contributed by atoms with Crippen molar-refractivity contribution in [3.05, 3.63) is 29.3 Å². The summed E-state index contributed by atoms with van der Waals surface area (Å²) in [5.74, 6) is 0.322. The van der Waals surface area contributed by atoms with E-state index < -0.39 is 10.2 Å². The van der Waals surface area contributed by atoms with Crippen molar-refractivity contribution in [2.24, 2.45) is 5.92 Å². The Kier molecular flexibility index (Phi) is 7.25. The maximum atomic E-state index is 12.6. The molecule has 8 heteroatoms. The molecular formula is C19H31N3O4S. The summed E-state index contributed by atoms with van der Waals surface area (Å²) >= 11 is 0. The van der Waals surface area contributed by atoms with E-state index in [-0.39, 0.29) is 24.4 Å². The standard InChI is InChI=1S/C19H31N3O4S/c1-14-8-9-18(11-15(14)2)26-13-16(3)20-19(23)17-7-6-10-22(12-17)27(24,25)21(4)5/h8-9,11,16-17H,6-7,10,12-13H2,1-5H3,(H,20,23)/t16-,17-/m1/s1. The van der Waals surface area contributed by atoms with Crippen LogP contribution in [0.5, 0.6) is 5.75 Å². The minimum absolute atomic E-state index is 0.121. The molecule has 1 N–H and O–H groups in total. The first kappa shape index (κ1) is 21.7. The van der Waals surface area contributed by atoms with Crippen molar-refractivity contribution in [1.82, 2.24) is 13.9 Å². The third-order valence-corrected chi connectivity index (χ3v) is 6.82. The summed E-state index contributed by atoms with van der Waals surface area (Å²) in [7, 11) is -0.476. The number of nitrogens with zero attached hydrogens (tertiary/aromatic N) is 2. The van der Waals surface area contributed by atoms with E-state index in [0.29, 0.717) is 26.0 Å². The van der Waals surface area contributed by atoms with Gasteiger partial charge in [-0.25, -0.2) is 0 Å². The molecule has 0 unspecified atom stereocenters. The molecule has 1 heterocycles. The highest BCUT2D eigenvalue weighted by molar-refractivity contribution is 7.86. The number of amides is 1. The molecule has 0 spiro atoms. The molecule has 0 radical (unpaired) electrons. The predicted molar refractivity (Wildman–Crippen MR) is 106 cm³/mol. The molecule has 2 atom stereocenters. The number of piperidine rings is 1. The molecule has 1 amide bonds. The normalized spacial score (nSPS) is 19.7. The molecule has 1 saturated heterocycles. The van der Waals surface area contributed by atoms with E-state index in [4.69, 9.17) is 4.74 Å². The van der Waals surface area contributed by atoms with Crippen molar-refractivity contribution in [1.29, 1.82) is 0 Å². The largest absolute Gasteiger partial charge is 0.491 e. The topological polar surface area (TPSA) is 79.0 Å². The second-order valence-corrected chi connectivity index (χ2v) is 9.60. The second-order valence-electron chi connectivity index (χ2n) is 7.45. The van der Waals surface area contributed by atoms with Gasteiger partial charge in [0.05, 0.1) is 12.0 Å². The predicted octanol–water partition coefficient (Wildman–Crippen LogP) is 1.71. The van der Waals surface area contributed by atoms with Crippen LogP contribution < -0.4 is 10.1 Å². The average Bonchev–Trinajstić information content (AvgIpc) is 2.62. The highest BCUT2D eigenvalue weighted by Crippen LogP contribution is 2.21. The molecule has 1 aliphatic heterocycles. The molecule has 0 aliphatic carbocycles. The molecule has 0 bridgehead atoms. The van der Waals surface area contributed by atoms with E-state index in [1.807, 2.05) is 39.0 Å². The lowest BCUT2D eigenvalue weighted by Gasteiger charge is -2.33. The van der Waals surface area contributed by atoms with Gasteiger partial charge in [-0.05, 0) is 56.9 Å². The number of hydrogen-bond donors (Lipinski definition) is 1. The summed E-state index contributed by atoms with van der Waals surface area (Å²) in [5.41, 5.74) is 2.37. The first-order valence-corrected chi connectivity index (χ1v) is 10.7. The summed E-state index contributed by atoms with van der Waals surface area (Å²) in [6.07, 6.45) is 1.37. The Morgan fingerprint density at radius 2 is 2.04 bits per heavy atom. The van der Waals surface area contributed by atoms with Crippen LogP contribution in [0.3, 0.4) is 0 Å². The van der Waals surface area contributed by atoms with Crippen LogP contribution in [0.2, 0.25) is 0 Å². The molecule has 1 aliphatic rings. The SMILES string of the molecule is Cc1ccc(OC[C@@H](C)NC(=O)[C@@H]2CCCN(S(=O)(=O)N(C)C)C2)cc1C. The molecule has 1 fully saturated rings. The Hall–Kier alpha value is -1.64. The summed E-state index contributed by atoms with van der Waals surface area (Å²) in [6, 6.07) is 5.74. The van der Waals surface area contributed by atoms with Crippen LogP contribution in [0.1, 0.15) is 30.9 Å². The number of hydrogen-bond acceptors (Lipinski definition) is 4. The van der Waals surface area contributed by atoms with Crippen LogP contribution in [0.25, 0.3) is 0 Å². The summed E-state index contributed by atoms with van der Waals surface area (Å²) in [6.45, 7) is 7.00. The van der Waals surface area contributed by atoms with Gasteiger partial charge in [-0.3, -0.25) is 4.79 Å². The lowest BCUT2D eigenvalue weighted by Crippen LogP contribution is -2.50. The Balaban J connectivity index is 1.87. The third-order valence-electron chi connectivity index (χ3n) is 4.91. The number of nitrogens with one attached hydrogen (secondary N) is 1. The first-order valence-electron chi connectivity index (χ1n) is 9.29. The molecule has 0 saturated carbocycles. The third kappa shape index (κ3) is 5.67. The summed E-state index contributed by atoms with van der Waals surface area (Å²) in [5, 5.41) is 2.95. The minimum Gasteiger partial charge on any atom is -0.491 e. The van der Waals surface area contributed by atoms with Gasteiger partial charge in [-0.15, -0.1) is 0 Å². The van der Waals surface area contributed by atoms with Crippen LogP contribution in [0, 0.1) is 19.8 Å². The number of carbonyl (C=O) groups is 1. The molecule has 1 aromatic carbocycles. The van der Waals surface area contributed by atoms with Gasteiger partial charge < -0.3 is 10.1 Å². The summed E-state index contributed by atoms with van der Waals surface area (Å²) in [4.78, 5) is 12.6. The maximum Gasteiger partial charge on any atom is 0.281 e. The van der Waals surface area contributed by atoms with E-state index in [1.165, 1.54) is 28.3 Å². The van der Waals surface area contributed by atoms with Crippen molar-refractivity contribution in [2.75, 3.05) is 33.8 Å². The van der Waals surface area contributed by atoms with Gasteiger partial charge in [-0.1, -0.05) is 6.07 Å². The van der Waals surface area contributed by atoms with Gasteiger partial charge in [0.2, 0.25) is 5.91 Å². The number of carbonyl (C=O) groups excluding carboxylic acids is 1. The van der Waals surface area contributed by atoms with E-state index in [9.17, 15) is 13.2 Å². The molecule has 0 aromatic heterocycles. The number of benzene rings is 1. The lowest BCUT2D eigenvalue weighted by molar-refractivity contribution is -0.126. The molecule has 2 rings (SSSR count). The van der Waals surface area contributed by atoms with Crippen LogP contribution in [0.4, 0.5) is 0 Å². The Labute approximate surface area is 162 Å². The molecule has 27 heavy (non-hydrogen) atoms. The van der Waals surface area contributed by atoms with Crippen LogP contribution in [0.15, 0.2) is 18.2 Å². The van der Waals surface area contributed by atoms with E-state index >= 15 is 0 Å². The van der Waals surface area contributed by atoms with Crippen LogP contribution in [-0.4, -0.2) is 62.8 Å². The zero-order chi connectivity index (χ0) is 20.2. The van der Waals surface area contributed by atoms with Crippen molar-refractivity contribution in [3.63, 3.8) is 0 Å². The van der Waals surface area contributed by atoms with Crippen molar-refractivity contribution in [2.45, 2.75) is 39.7 Å². The number of rotatable bonds is 7. The zero-order valence-corrected chi connectivity index (χ0v) is 17.7. The lowest BCUT2D eigenvalue weighted by atomic mass is 9.98. The first-order chi connectivity index (χ1) is 12.6. The van der Waals surface area contributed by atoms with Gasteiger partial charge in [0.1, 0.15) is 12.4 Å². The Morgan fingerprint density at radius 1 is 1.33 bits per heavy atom. The molecule has 1 aromatic rings. The monoisotopic (exact) mass is 397 g/mol. The van der Waals surface area contributed by atoms with Crippen molar-refractivity contribution in [3.8, 4) is 5.75 Å². The van der Waals surface area contributed by atoms with Crippen LogP contribution >= 0.6 is 0 Å². The molecular weight excluding hydrogens is 366 g/mol. The maximum absolute atomic E-state index is 12.6. The van der Waals surface area contributed by atoms with E-state index in [1.54, 1.807) is 0 Å². The number of ether oxygens (including phenoxy) is 1. The Morgan fingerprint density at radius 3 is 2.67 bits per heavy atom. The van der Waals surface area contributed by atoms with Crippen molar-refractivity contribution < 1.29 is 17.9 Å². The fourth-order valence-corrected chi connectivity index (χ4v) is 4.21. The fourth-order valence-electron chi connectivity index (χ4n) is 3.02. The minimum atomic E-state index is -3.49. The highest BCUT2D eigenvalue weighted by Gasteiger charge is 2.33. The van der Waals surface area contributed by atoms with E-state index in [2.05, 4.69) is 5.32 Å². The second kappa shape index (κ2) is 9.03. The van der Waals surface area contributed by atoms with Crippen LogP contribution in [-0.2, 0) is 15.0 Å². The van der Waals surface area contributed by atoms with Gasteiger partial charge >= 0.3 is 0 Å². The van der Waals surface area contributed by atoms with E-state index in [0.717, 1.165) is 11.3 Å². The van der Waals surface area contributed by atoms with Crippen molar-refractivity contribution >= 4 is 16.1 Å². The highest BCUT2D eigenvalue weighted by atomic mass is 32.2. The van der Waals surface area contributed by atoms with Gasteiger partial charge in [0, 0.05) is 27.2 Å². The van der Waals surface area contributed by atoms with Gasteiger partial charge in [-0.2, -0.15) is 17.0 Å². The Bertz CT molecular complexity index is 764. The number of aryl methyl sites for hydroxylation is 2. The fraction of sp³-hybridized carbons (Fsp3) is 0.632. The van der Waals surface area contributed by atoms with Gasteiger partial charge in [0.15, 0.2) is 0 Å². The average molecular weight is 398 g/mol. The summed E-state index contributed by atoms with van der Waals surface area (Å²) < 4.78 is 32.9. The zero-order valence-electron chi connectivity index (χ0n) is 16.9.